The summed E-state index contributed by atoms with van der Waals surface area (Å²) in [6, 6.07) is 11.8. The van der Waals surface area contributed by atoms with Crippen LogP contribution in [0.2, 0.25) is 0 Å². The highest BCUT2D eigenvalue weighted by Crippen LogP contribution is 2.53. The molecule has 0 aliphatic heterocycles. The summed E-state index contributed by atoms with van der Waals surface area (Å²) in [4.78, 5) is 18.0. The molecule has 2 aromatic rings. The lowest BCUT2D eigenvalue weighted by molar-refractivity contribution is 0.942. The Morgan fingerprint density at radius 3 is 2.71 bits per heavy atom. The molecule has 1 aromatic carbocycles. The molecule has 0 spiro atoms. The zero-order valence-electron chi connectivity index (χ0n) is 9.26. The number of aromatic nitrogens is 2. The van der Waals surface area contributed by atoms with Gasteiger partial charge in [0.25, 0.3) is 5.56 Å². The maximum Gasteiger partial charge on any atom is 0.252 e. The molecule has 1 fully saturated rings. The second-order valence-electron chi connectivity index (χ2n) is 4.41. The van der Waals surface area contributed by atoms with Crippen LogP contribution < -0.4 is 11.3 Å². The monoisotopic (exact) mass is 227 g/mol. The first-order valence-electron chi connectivity index (χ1n) is 5.66. The predicted molar refractivity (Wildman–Crippen MR) is 65.8 cm³/mol. The number of benzene rings is 1. The number of anilines is 1. The molecule has 0 unspecified atom stereocenters. The molecule has 0 saturated heterocycles. The van der Waals surface area contributed by atoms with Gasteiger partial charge in [-0.3, -0.25) is 9.78 Å². The molecule has 1 aliphatic carbocycles. The van der Waals surface area contributed by atoms with E-state index in [0.29, 0.717) is 11.8 Å². The number of hydrogen-bond donors (Lipinski definition) is 2. The second-order valence-corrected chi connectivity index (χ2v) is 4.41. The Morgan fingerprint density at radius 2 is 2.00 bits per heavy atom. The third-order valence-electron chi connectivity index (χ3n) is 3.18. The number of nitrogen functional groups attached to an aromatic ring is 1. The lowest BCUT2D eigenvalue weighted by Gasteiger charge is -2.01. The van der Waals surface area contributed by atoms with Crippen molar-refractivity contribution in [2.45, 2.75) is 18.3 Å². The largest absolute Gasteiger partial charge is 0.369 e. The van der Waals surface area contributed by atoms with Crippen molar-refractivity contribution in [3.63, 3.8) is 0 Å². The van der Waals surface area contributed by atoms with Gasteiger partial charge in [0.05, 0.1) is 5.69 Å². The van der Waals surface area contributed by atoms with Crippen LogP contribution in [0.4, 0.5) is 5.95 Å². The number of H-pyrrole nitrogens is 1. The van der Waals surface area contributed by atoms with Crippen LogP contribution in [0, 0.1) is 0 Å². The molecular formula is C13H13N3O. The minimum atomic E-state index is -0.175. The minimum Gasteiger partial charge on any atom is -0.369 e. The lowest BCUT2D eigenvalue weighted by Crippen LogP contribution is -2.11. The van der Waals surface area contributed by atoms with Crippen LogP contribution in [0.5, 0.6) is 0 Å². The molecule has 4 nitrogen and oxygen atoms in total. The average Bonchev–Trinajstić information content (AvgIpc) is 3.09. The molecule has 86 valence electrons. The average molecular weight is 227 g/mol. The number of nitrogens with one attached hydrogen (secondary N) is 1. The predicted octanol–water partition coefficient (Wildman–Crippen LogP) is 1.62. The number of nitrogens with zero attached hydrogens (tertiary/aromatic N) is 1. The lowest BCUT2D eigenvalue weighted by atomic mass is 10.1. The Morgan fingerprint density at radius 1 is 1.24 bits per heavy atom. The molecule has 0 bridgehead atoms. The molecule has 3 rings (SSSR count). The van der Waals surface area contributed by atoms with Gasteiger partial charge in [-0.15, -0.1) is 0 Å². The van der Waals surface area contributed by atoms with Crippen LogP contribution in [0.3, 0.4) is 0 Å². The zero-order chi connectivity index (χ0) is 11.8. The van der Waals surface area contributed by atoms with Gasteiger partial charge in [0.1, 0.15) is 0 Å². The van der Waals surface area contributed by atoms with Gasteiger partial charge in [-0.1, -0.05) is 30.3 Å². The van der Waals surface area contributed by atoms with Crippen molar-refractivity contribution >= 4 is 5.95 Å². The van der Waals surface area contributed by atoms with Gasteiger partial charge in [-0.2, -0.15) is 0 Å². The van der Waals surface area contributed by atoms with E-state index in [2.05, 4.69) is 22.1 Å². The zero-order valence-corrected chi connectivity index (χ0v) is 9.26. The molecule has 2 atom stereocenters. The Bertz CT molecular complexity index is 591. The van der Waals surface area contributed by atoms with Crippen LogP contribution in [0.25, 0.3) is 0 Å². The van der Waals surface area contributed by atoms with E-state index >= 15 is 0 Å². The summed E-state index contributed by atoms with van der Waals surface area (Å²) in [7, 11) is 0. The van der Waals surface area contributed by atoms with Crippen LogP contribution in [-0.4, -0.2) is 9.97 Å². The first-order valence-corrected chi connectivity index (χ1v) is 5.66. The minimum absolute atomic E-state index is 0.175. The van der Waals surface area contributed by atoms with E-state index in [4.69, 9.17) is 5.73 Å². The maximum atomic E-state index is 11.3. The van der Waals surface area contributed by atoms with Crippen LogP contribution >= 0.6 is 0 Å². The molecule has 1 aromatic heterocycles. The summed E-state index contributed by atoms with van der Waals surface area (Å²) in [6.45, 7) is 0. The SMILES string of the molecule is Nc1nc([C@@H]2C[C@@H]2c2ccccc2)cc(=O)[nH]1. The van der Waals surface area contributed by atoms with Gasteiger partial charge in [-0.05, 0) is 17.9 Å². The first kappa shape index (κ1) is 10.1. The maximum absolute atomic E-state index is 11.3. The summed E-state index contributed by atoms with van der Waals surface area (Å²) in [5, 5.41) is 0. The highest BCUT2D eigenvalue weighted by molar-refractivity contribution is 5.34. The van der Waals surface area contributed by atoms with Gasteiger partial charge in [-0.25, -0.2) is 4.98 Å². The molecule has 1 saturated carbocycles. The van der Waals surface area contributed by atoms with Gasteiger partial charge < -0.3 is 5.73 Å². The molecule has 17 heavy (non-hydrogen) atoms. The fourth-order valence-corrected chi connectivity index (χ4v) is 2.28. The van der Waals surface area contributed by atoms with E-state index in [0.717, 1.165) is 12.1 Å². The topological polar surface area (TPSA) is 71.8 Å². The van der Waals surface area contributed by atoms with E-state index in [1.54, 1.807) is 6.07 Å². The Hall–Kier alpha value is -2.10. The highest BCUT2D eigenvalue weighted by Gasteiger charge is 2.40. The highest BCUT2D eigenvalue weighted by atomic mass is 16.1. The van der Waals surface area contributed by atoms with Crippen molar-refractivity contribution in [1.29, 1.82) is 0 Å². The van der Waals surface area contributed by atoms with Gasteiger partial charge in [0, 0.05) is 12.0 Å². The third kappa shape index (κ3) is 1.93. The molecule has 0 radical (unpaired) electrons. The summed E-state index contributed by atoms with van der Waals surface area (Å²) >= 11 is 0. The summed E-state index contributed by atoms with van der Waals surface area (Å²) in [5.74, 6) is 1.01. The van der Waals surface area contributed by atoms with Crippen molar-refractivity contribution in [3.05, 3.63) is 58.0 Å². The van der Waals surface area contributed by atoms with E-state index in [9.17, 15) is 4.79 Å². The number of nitrogens with two attached hydrogens (primary N) is 1. The van der Waals surface area contributed by atoms with Crippen molar-refractivity contribution < 1.29 is 0 Å². The van der Waals surface area contributed by atoms with E-state index in [1.165, 1.54) is 5.56 Å². The van der Waals surface area contributed by atoms with Gasteiger partial charge in [0.2, 0.25) is 5.95 Å². The molecule has 3 N–H and O–H groups in total. The summed E-state index contributed by atoms with van der Waals surface area (Å²) in [5.41, 5.74) is 7.48. The molecule has 1 heterocycles. The van der Waals surface area contributed by atoms with Crippen molar-refractivity contribution in [1.82, 2.24) is 9.97 Å². The van der Waals surface area contributed by atoms with E-state index < -0.39 is 0 Å². The van der Waals surface area contributed by atoms with Crippen LogP contribution in [-0.2, 0) is 0 Å². The smallest absolute Gasteiger partial charge is 0.252 e. The van der Waals surface area contributed by atoms with Crippen LogP contribution in [0.15, 0.2) is 41.2 Å². The summed E-state index contributed by atoms with van der Waals surface area (Å²) < 4.78 is 0. The molecular weight excluding hydrogens is 214 g/mol. The van der Waals surface area contributed by atoms with Crippen molar-refractivity contribution in [2.75, 3.05) is 5.73 Å². The van der Waals surface area contributed by atoms with E-state index in [1.807, 2.05) is 18.2 Å². The molecule has 0 amide bonds. The quantitative estimate of drug-likeness (QED) is 0.819. The van der Waals surface area contributed by atoms with Crippen molar-refractivity contribution in [2.24, 2.45) is 0 Å². The van der Waals surface area contributed by atoms with E-state index in [-0.39, 0.29) is 11.5 Å². The third-order valence-corrected chi connectivity index (χ3v) is 3.18. The Kier molecular flexibility index (Phi) is 2.21. The number of hydrogen-bond acceptors (Lipinski definition) is 3. The molecule has 4 heteroatoms. The first-order chi connectivity index (χ1) is 8.24. The normalized spacial score (nSPS) is 22.4. The van der Waals surface area contributed by atoms with Crippen molar-refractivity contribution in [3.8, 4) is 0 Å². The van der Waals surface area contributed by atoms with Gasteiger partial charge >= 0.3 is 0 Å². The number of rotatable bonds is 2. The number of aromatic amines is 1. The molecule has 1 aliphatic rings. The fourth-order valence-electron chi connectivity index (χ4n) is 2.28. The second kappa shape index (κ2) is 3.73. The van der Waals surface area contributed by atoms with Gasteiger partial charge in [0.15, 0.2) is 0 Å². The Labute approximate surface area is 98.5 Å². The summed E-state index contributed by atoms with van der Waals surface area (Å²) in [6.07, 6.45) is 1.04. The standard InChI is InChI=1S/C13H13N3O/c14-13-15-11(7-12(17)16-13)10-6-9(10)8-4-2-1-3-5-8/h1-5,7,9-10H,6H2,(H3,14,15,16,17)/t9-,10-/m1/s1. The van der Waals surface area contributed by atoms with Crippen LogP contribution in [0.1, 0.15) is 29.5 Å². The Balaban J connectivity index is 1.87. The fraction of sp³-hybridized carbons (Fsp3) is 0.231.